The van der Waals surface area contributed by atoms with Crippen LogP contribution in [-0.4, -0.2) is 46.2 Å². The summed E-state index contributed by atoms with van der Waals surface area (Å²) in [5, 5.41) is 15.8. The van der Waals surface area contributed by atoms with Gasteiger partial charge in [-0.1, -0.05) is 18.2 Å². The van der Waals surface area contributed by atoms with Crippen LogP contribution in [-0.2, 0) is 0 Å². The van der Waals surface area contributed by atoms with Gasteiger partial charge < -0.3 is 10.2 Å². The number of para-hydroxylation sites is 1. The average Bonchev–Trinajstić information content (AvgIpc) is 3.26. The van der Waals surface area contributed by atoms with E-state index in [9.17, 15) is 9.18 Å². The van der Waals surface area contributed by atoms with Gasteiger partial charge in [-0.2, -0.15) is 14.9 Å². The molecule has 0 bridgehead atoms. The number of halogens is 2. The molecule has 1 fully saturated rings. The quantitative estimate of drug-likeness (QED) is 0.480. The molecule has 4 aromatic rings. The molecule has 0 spiro atoms. The summed E-state index contributed by atoms with van der Waals surface area (Å²) in [7, 11) is 0. The van der Waals surface area contributed by atoms with E-state index in [-0.39, 0.29) is 23.8 Å². The summed E-state index contributed by atoms with van der Waals surface area (Å²) in [6.07, 6.45) is 0. The Morgan fingerprint density at radius 2 is 1.70 bits per heavy atom. The highest BCUT2D eigenvalue weighted by atomic mass is 35.5. The fourth-order valence-electron chi connectivity index (χ4n) is 4.03. The van der Waals surface area contributed by atoms with Crippen molar-refractivity contribution in [2.24, 2.45) is 0 Å². The van der Waals surface area contributed by atoms with Crippen LogP contribution >= 0.6 is 12.4 Å². The summed E-state index contributed by atoms with van der Waals surface area (Å²) >= 11 is 0. The first-order valence-electron chi connectivity index (χ1n) is 10.6. The van der Waals surface area contributed by atoms with Crippen molar-refractivity contribution >= 4 is 18.2 Å². The first kappa shape index (κ1) is 22.7. The van der Waals surface area contributed by atoms with E-state index in [0.29, 0.717) is 11.4 Å². The van der Waals surface area contributed by atoms with Gasteiger partial charge in [0.05, 0.1) is 16.9 Å². The normalized spacial score (nSPS) is 13.6. The van der Waals surface area contributed by atoms with Gasteiger partial charge in [-0.3, -0.25) is 9.89 Å². The number of benzene rings is 2. The van der Waals surface area contributed by atoms with E-state index >= 15 is 0 Å². The number of H-pyrrole nitrogens is 1. The third-order valence-electron chi connectivity index (χ3n) is 5.70. The van der Waals surface area contributed by atoms with Crippen molar-refractivity contribution in [3.63, 3.8) is 0 Å². The highest BCUT2D eigenvalue weighted by molar-refractivity contribution is 5.87. The largest absolute Gasteiger partial charge is 0.354 e. The van der Waals surface area contributed by atoms with E-state index in [2.05, 4.69) is 20.4 Å². The standard InChI is InChI=1S/C24H23FN6O.ClH/c1-16-4-2-3-5-20(16)31-21(32)11-10-19(29-31)22-23(17-6-8-18(25)9-7-17)27-28-24(22)30-14-12-26-13-15-30;/h2-11,26H,12-15H2,1H3,(H,27,28);1H. The minimum Gasteiger partial charge on any atom is -0.354 e. The maximum absolute atomic E-state index is 13.6. The second kappa shape index (κ2) is 9.56. The van der Waals surface area contributed by atoms with Crippen molar-refractivity contribution in [1.29, 1.82) is 0 Å². The number of piperazine rings is 1. The van der Waals surface area contributed by atoms with Crippen molar-refractivity contribution in [2.45, 2.75) is 6.92 Å². The van der Waals surface area contributed by atoms with E-state index in [0.717, 1.165) is 54.4 Å². The van der Waals surface area contributed by atoms with E-state index in [4.69, 9.17) is 5.10 Å². The summed E-state index contributed by atoms with van der Waals surface area (Å²) in [6, 6.07) is 17.1. The van der Waals surface area contributed by atoms with Crippen LogP contribution in [0.1, 0.15) is 5.56 Å². The maximum atomic E-state index is 13.6. The van der Waals surface area contributed by atoms with E-state index in [1.807, 2.05) is 31.2 Å². The van der Waals surface area contributed by atoms with Gasteiger partial charge in [0.15, 0.2) is 0 Å². The summed E-state index contributed by atoms with van der Waals surface area (Å²) in [4.78, 5) is 14.9. The predicted octanol–water partition coefficient (Wildman–Crippen LogP) is 3.57. The Bertz CT molecular complexity index is 1310. The molecule has 0 saturated carbocycles. The number of anilines is 1. The molecule has 5 rings (SSSR count). The van der Waals surface area contributed by atoms with E-state index < -0.39 is 0 Å². The lowest BCUT2D eigenvalue weighted by molar-refractivity contribution is 0.584. The lowest BCUT2D eigenvalue weighted by atomic mass is 10.0. The van der Waals surface area contributed by atoms with Gasteiger partial charge in [0.2, 0.25) is 0 Å². The molecule has 3 heterocycles. The Morgan fingerprint density at radius 3 is 2.42 bits per heavy atom. The second-order valence-electron chi connectivity index (χ2n) is 7.79. The highest BCUT2D eigenvalue weighted by Crippen LogP contribution is 2.37. The molecule has 1 saturated heterocycles. The Balaban J connectivity index is 0.00000259. The number of aromatic nitrogens is 4. The molecule has 33 heavy (non-hydrogen) atoms. The Morgan fingerprint density at radius 1 is 0.970 bits per heavy atom. The predicted molar refractivity (Wildman–Crippen MR) is 130 cm³/mol. The Labute approximate surface area is 196 Å². The monoisotopic (exact) mass is 466 g/mol. The van der Waals surface area contributed by atoms with Crippen LogP contribution in [0, 0.1) is 12.7 Å². The number of hydrogen-bond acceptors (Lipinski definition) is 5. The first-order valence-corrected chi connectivity index (χ1v) is 10.6. The molecule has 2 N–H and O–H groups in total. The molecule has 0 aliphatic carbocycles. The van der Waals surface area contributed by atoms with E-state index in [1.165, 1.54) is 22.9 Å². The minimum atomic E-state index is -0.306. The van der Waals surface area contributed by atoms with Crippen LogP contribution in [0.5, 0.6) is 0 Å². The fraction of sp³-hybridized carbons (Fsp3) is 0.208. The van der Waals surface area contributed by atoms with Crippen LogP contribution in [0.3, 0.4) is 0 Å². The van der Waals surface area contributed by atoms with Crippen molar-refractivity contribution in [1.82, 2.24) is 25.3 Å². The molecule has 0 unspecified atom stereocenters. The van der Waals surface area contributed by atoms with Gasteiger partial charge >= 0.3 is 0 Å². The summed E-state index contributed by atoms with van der Waals surface area (Å²) in [5.74, 6) is 0.535. The molecule has 2 aromatic heterocycles. The van der Waals surface area contributed by atoms with Gasteiger partial charge in [-0.05, 0) is 48.9 Å². The molecule has 1 aliphatic rings. The number of aryl methyl sites for hydroxylation is 1. The number of nitrogens with one attached hydrogen (secondary N) is 2. The zero-order valence-electron chi connectivity index (χ0n) is 18.1. The van der Waals surface area contributed by atoms with Gasteiger partial charge in [0.1, 0.15) is 17.3 Å². The molecule has 0 amide bonds. The van der Waals surface area contributed by atoms with Gasteiger partial charge in [0, 0.05) is 37.8 Å². The SMILES string of the molecule is Cc1ccccc1-n1nc(-c2c(-c3ccc(F)cc3)n[nH]c2N2CCNCC2)ccc1=O.Cl. The average molecular weight is 467 g/mol. The van der Waals surface area contributed by atoms with Crippen LogP contribution in [0.2, 0.25) is 0 Å². The molecule has 0 radical (unpaired) electrons. The summed E-state index contributed by atoms with van der Waals surface area (Å²) in [5.41, 5.74) is 4.33. The fourth-order valence-corrected chi connectivity index (χ4v) is 4.03. The third kappa shape index (κ3) is 4.40. The smallest absolute Gasteiger partial charge is 0.271 e. The van der Waals surface area contributed by atoms with Gasteiger partial charge in [-0.25, -0.2) is 4.39 Å². The highest BCUT2D eigenvalue weighted by Gasteiger charge is 2.24. The van der Waals surface area contributed by atoms with Crippen molar-refractivity contribution in [3.8, 4) is 28.2 Å². The third-order valence-corrected chi connectivity index (χ3v) is 5.70. The number of aromatic amines is 1. The number of rotatable bonds is 4. The molecular weight excluding hydrogens is 443 g/mol. The summed E-state index contributed by atoms with van der Waals surface area (Å²) < 4.78 is 15.0. The Kier molecular flexibility index (Phi) is 6.57. The van der Waals surface area contributed by atoms with Crippen molar-refractivity contribution in [2.75, 3.05) is 31.1 Å². The molecule has 170 valence electrons. The second-order valence-corrected chi connectivity index (χ2v) is 7.79. The molecule has 0 atom stereocenters. The molecule has 2 aromatic carbocycles. The maximum Gasteiger partial charge on any atom is 0.271 e. The molecule has 1 aliphatic heterocycles. The first-order chi connectivity index (χ1) is 15.6. The molecular formula is C24H24ClFN6O. The zero-order chi connectivity index (χ0) is 22.1. The van der Waals surface area contributed by atoms with Crippen LogP contribution in [0.25, 0.3) is 28.2 Å². The van der Waals surface area contributed by atoms with Crippen LogP contribution in [0.15, 0.2) is 65.5 Å². The number of hydrogen-bond donors (Lipinski definition) is 2. The minimum absolute atomic E-state index is 0. The van der Waals surface area contributed by atoms with Crippen molar-refractivity contribution < 1.29 is 4.39 Å². The number of nitrogens with zero attached hydrogens (tertiary/aromatic N) is 4. The van der Waals surface area contributed by atoms with Crippen LogP contribution in [0.4, 0.5) is 10.2 Å². The topological polar surface area (TPSA) is 78.8 Å². The summed E-state index contributed by atoms with van der Waals surface area (Å²) in [6.45, 7) is 5.30. The molecule has 7 nitrogen and oxygen atoms in total. The van der Waals surface area contributed by atoms with Crippen LogP contribution < -0.4 is 15.8 Å². The lowest BCUT2D eigenvalue weighted by Crippen LogP contribution is -2.43. The van der Waals surface area contributed by atoms with Crippen molar-refractivity contribution in [3.05, 3.63) is 82.4 Å². The lowest BCUT2D eigenvalue weighted by Gasteiger charge is -2.28. The van der Waals surface area contributed by atoms with E-state index in [1.54, 1.807) is 18.2 Å². The molecule has 9 heteroatoms. The van der Waals surface area contributed by atoms with Gasteiger partial charge in [-0.15, -0.1) is 12.4 Å². The zero-order valence-corrected chi connectivity index (χ0v) is 18.9. The Hall–Kier alpha value is -3.49. The van der Waals surface area contributed by atoms with Gasteiger partial charge in [0.25, 0.3) is 5.56 Å².